The van der Waals surface area contributed by atoms with E-state index in [-0.39, 0.29) is 5.57 Å². The van der Waals surface area contributed by atoms with Crippen molar-refractivity contribution in [3.63, 3.8) is 0 Å². The van der Waals surface area contributed by atoms with Crippen LogP contribution in [0.2, 0.25) is 0 Å². The quantitative estimate of drug-likeness (QED) is 0.695. The Morgan fingerprint density at radius 2 is 1.58 bits per heavy atom. The lowest BCUT2D eigenvalue weighted by atomic mass is 9.96. The molecule has 1 aliphatic carbocycles. The molecule has 1 heterocycles. The van der Waals surface area contributed by atoms with Gasteiger partial charge in [-0.25, -0.2) is 0 Å². The van der Waals surface area contributed by atoms with Crippen LogP contribution < -0.4 is 4.90 Å². The first-order valence-corrected chi connectivity index (χ1v) is 8.31. The second-order valence-electron chi connectivity index (χ2n) is 6.20. The molecule has 0 spiro atoms. The summed E-state index contributed by atoms with van der Waals surface area (Å²) in [6.07, 6.45) is 8.19. The van der Waals surface area contributed by atoms with E-state index in [0.29, 0.717) is 5.57 Å². The van der Waals surface area contributed by atoms with E-state index in [9.17, 15) is 10.5 Å². The van der Waals surface area contributed by atoms with E-state index in [1.54, 1.807) is 0 Å². The number of rotatable bonds is 1. The molecule has 2 aromatic rings. The largest absolute Gasteiger partial charge is 0.351 e. The third-order valence-corrected chi connectivity index (χ3v) is 4.70. The number of para-hydroxylation sites is 1. The second kappa shape index (κ2) is 6.24. The average molecular weight is 333 g/mol. The van der Waals surface area contributed by atoms with Crippen molar-refractivity contribution in [2.45, 2.75) is 0 Å². The molecule has 1 aliphatic heterocycles. The summed E-state index contributed by atoms with van der Waals surface area (Å²) >= 11 is 0. The average Bonchev–Trinajstić information content (AvgIpc) is 3.04. The van der Waals surface area contributed by atoms with Crippen molar-refractivity contribution in [3.8, 4) is 12.1 Å². The van der Waals surface area contributed by atoms with Crippen molar-refractivity contribution in [1.82, 2.24) is 0 Å². The lowest BCUT2D eigenvalue weighted by Gasteiger charge is -2.23. The summed E-state index contributed by atoms with van der Waals surface area (Å²) in [5.41, 5.74) is 7.25. The Morgan fingerprint density at radius 1 is 0.923 bits per heavy atom. The van der Waals surface area contributed by atoms with Crippen molar-refractivity contribution in [3.05, 3.63) is 95.2 Å². The van der Waals surface area contributed by atoms with E-state index in [4.69, 9.17) is 0 Å². The lowest BCUT2D eigenvalue weighted by molar-refractivity contribution is 1.18. The maximum absolute atomic E-state index is 9.29. The van der Waals surface area contributed by atoms with Crippen LogP contribution in [0.25, 0.3) is 16.7 Å². The number of hydrogen-bond donors (Lipinski definition) is 0. The molecule has 122 valence electrons. The van der Waals surface area contributed by atoms with Crippen LogP contribution in [0.5, 0.6) is 0 Å². The summed E-state index contributed by atoms with van der Waals surface area (Å²) in [6.45, 7) is 0. The maximum Gasteiger partial charge on any atom is 0.137 e. The first kappa shape index (κ1) is 15.7. The van der Waals surface area contributed by atoms with Gasteiger partial charge in [0.1, 0.15) is 17.7 Å². The van der Waals surface area contributed by atoms with Gasteiger partial charge < -0.3 is 4.90 Å². The van der Waals surface area contributed by atoms with E-state index < -0.39 is 0 Å². The van der Waals surface area contributed by atoms with E-state index in [0.717, 1.165) is 33.5 Å². The number of nitrogens with zero attached hydrogens (tertiary/aromatic N) is 3. The van der Waals surface area contributed by atoms with Gasteiger partial charge in [0, 0.05) is 30.1 Å². The van der Waals surface area contributed by atoms with Gasteiger partial charge in [-0.3, -0.25) is 0 Å². The van der Waals surface area contributed by atoms with Crippen LogP contribution in [0.3, 0.4) is 0 Å². The highest BCUT2D eigenvalue weighted by atomic mass is 15.1. The first-order valence-electron chi connectivity index (χ1n) is 8.31. The molecule has 2 aromatic carbocycles. The topological polar surface area (TPSA) is 50.8 Å². The van der Waals surface area contributed by atoms with E-state index in [1.165, 1.54) is 0 Å². The van der Waals surface area contributed by atoms with Crippen molar-refractivity contribution >= 4 is 22.4 Å². The highest BCUT2D eigenvalue weighted by molar-refractivity contribution is 6.04. The highest BCUT2D eigenvalue weighted by Gasteiger charge is 2.21. The minimum atomic E-state index is 0.144. The number of allylic oxidation sites excluding steroid dienone is 7. The molecule has 0 bridgehead atoms. The number of nitriles is 2. The van der Waals surface area contributed by atoms with E-state index >= 15 is 0 Å². The SMILES string of the molecule is CN1C=C/C(=C\C2=CC(=C(C#N)C#N)c3ccccc32)c2ccccc21. The Morgan fingerprint density at radius 3 is 2.31 bits per heavy atom. The van der Waals surface area contributed by atoms with Crippen LogP contribution in [0, 0.1) is 22.7 Å². The molecule has 0 radical (unpaired) electrons. The standard InChI is InChI=1S/C23H15N3/c1-26-11-10-16(20-7-4-5-9-23(20)26)12-17-13-22(18(14-24)15-25)21-8-3-2-6-19(17)21/h2-13H,1H3/b16-12+. The number of fused-ring (bicyclic) bond motifs is 2. The van der Waals surface area contributed by atoms with Crippen LogP contribution in [-0.4, -0.2) is 7.05 Å². The third-order valence-electron chi connectivity index (χ3n) is 4.70. The highest BCUT2D eigenvalue weighted by Crippen LogP contribution is 2.40. The van der Waals surface area contributed by atoms with Crippen molar-refractivity contribution in [2.75, 3.05) is 11.9 Å². The van der Waals surface area contributed by atoms with Crippen molar-refractivity contribution in [1.29, 1.82) is 10.5 Å². The molecule has 0 saturated heterocycles. The van der Waals surface area contributed by atoms with Crippen LogP contribution in [0.15, 0.2) is 78.5 Å². The molecule has 3 heteroatoms. The Bertz CT molecular complexity index is 1100. The predicted molar refractivity (Wildman–Crippen MR) is 105 cm³/mol. The van der Waals surface area contributed by atoms with Gasteiger partial charge in [0.25, 0.3) is 0 Å². The summed E-state index contributed by atoms with van der Waals surface area (Å²) in [7, 11) is 2.03. The summed E-state index contributed by atoms with van der Waals surface area (Å²) in [4.78, 5) is 2.10. The molecule has 3 nitrogen and oxygen atoms in total. The minimum Gasteiger partial charge on any atom is -0.351 e. The zero-order valence-corrected chi connectivity index (χ0v) is 14.3. The maximum atomic E-state index is 9.29. The molecular formula is C23H15N3. The fourth-order valence-corrected chi connectivity index (χ4v) is 3.43. The molecule has 0 atom stereocenters. The van der Waals surface area contributed by atoms with Gasteiger partial charge in [-0.05, 0) is 46.6 Å². The molecule has 0 aromatic heterocycles. The van der Waals surface area contributed by atoms with E-state index in [2.05, 4.69) is 29.2 Å². The summed E-state index contributed by atoms with van der Waals surface area (Å²) < 4.78 is 0. The molecular weight excluding hydrogens is 318 g/mol. The summed E-state index contributed by atoms with van der Waals surface area (Å²) in [5.74, 6) is 0. The van der Waals surface area contributed by atoms with Crippen molar-refractivity contribution < 1.29 is 0 Å². The Labute approximate surface area is 152 Å². The number of anilines is 1. The van der Waals surface area contributed by atoms with Gasteiger partial charge in [-0.15, -0.1) is 0 Å². The summed E-state index contributed by atoms with van der Waals surface area (Å²) in [5, 5.41) is 18.6. The minimum absolute atomic E-state index is 0.144. The molecule has 0 amide bonds. The van der Waals surface area contributed by atoms with Gasteiger partial charge in [0.2, 0.25) is 0 Å². The van der Waals surface area contributed by atoms with E-state index in [1.807, 2.05) is 67.9 Å². The fraction of sp³-hybridized carbons (Fsp3) is 0.0435. The molecule has 0 saturated carbocycles. The van der Waals surface area contributed by atoms with Gasteiger partial charge in [0.15, 0.2) is 0 Å². The van der Waals surface area contributed by atoms with Gasteiger partial charge in [-0.2, -0.15) is 10.5 Å². The molecule has 4 rings (SSSR count). The zero-order valence-electron chi connectivity index (χ0n) is 14.3. The van der Waals surface area contributed by atoms with Gasteiger partial charge in [-0.1, -0.05) is 42.5 Å². The van der Waals surface area contributed by atoms with Crippen LogP contribution >= 0.6 is 0 Å². The second-order valence-corrected chi connectivity index (χ2v) is 6.20. The third kappa shape index (κ3) is 2.44. The Balaban J connectivity index is 1.90. The smallest absolute Gasteiger partial charge is 0.137 e. The zero-order chi connectivity index (χ0) is 18.1. The fourth-order valence-electron chi connectivity index (χ4n) is 3.43. The van der Waals surface area contributed by atoms with Gasteiger partial charge >= 0.3 is 0 Å². The lowest BCUT2D eigenvalue weighted by Crippen LogP contribution is -2.13. The molecule has 0 N–H and O–H groups in total. The van der Waals surface area contributed by atoms with Gasteiger partial charge in [0.05, 0.1) is 0 Å². The number of hydrogen-bond acceptors (Lipinski definition) is 3. The normalized spacial score (nSPS) is 15.8. The van der Waals surface area contributed by atoms with Crippen molar-refractivity contribution in [2.24, 2.45) is 0 Å². The molecule has 0 unspecified atom stereocenters. The molecule has 2 aliphatic rings. The molecule has 0 fully saturated rings. The Hall–Kier alpha value is -3.82. The number of benzene rings is 2. The molecule has 26 heavy (non-hydrogen) atoms. The Kier molecular flexibility index (Phi) is 3.77. The first-order chi connectivity index (χ1) is 12.7. The monoisotopic (exact) mass is 333 g/mol. The summed E-state index contributed by atoms with van der Waals surface area (Å²) in [6, 6.07) is 20.2. The predicted octanol–water partition coefficient (Wildman–Crippen LogP) is 4.93. The van der Waals surface area contributed by atoms with Crippen LogP contribution in [0.4, 0.5) is 5.69 Å². The van der Waals surface area contributed by atoms with Crippen LogP contribution in [-0.2, 0) is 0 Å². The van der Waals surface area contributed by atoms with Crippen LogP contribution in [0.1, 0.15) is 16.7 Å².